The highest BCUT2D eigenvalue weighted by Crippen LogP contribution is 2.32. The summed E-state index contributed by atoms with van der Waals surface area (Å²) in [5, 5.41) is 2.89. The molecule has 0 spiro atoms. The molecule has 0 saturated carbocycles. The van der Waals surface area contributed by atoms with Crippen molar-refractivity contribution >= 4 is 28.8 Å². The second-order valence-electron chi connectivity index (χ2n) is 5.09. The van der Waals surface area contributed by atoms with Gasteiger partial charge >= 0.3 is 0 Å². The van der Waals surface area contributed by atoms with Crippen molar-refractivity contribution in [1.29, 1.82) is 0 Å². The van der Waals surface area contributed by atoms with Gasteiger partial charge < -0.3 is 11.1 Å². The molecule has 1 aromatic heterocycles. The summed E-state index contributed by atoms with van der Waals surface area (Å²) in [4.78, 5) is 17.1. The molecule has 110 valence electrons. The van der Waals surface area contributed by atoms with Crippen molar-refractivity contribution < 1.29 is 4.79 Å². The van der Waals surface area contributed by atoms with E-state index >= 15 is 0 Å². The molecule has 0 aliphatic carbocycles. The van der Waals surface area contributed by atoms with E-state index < -0.39 is 5.41 Å². The van der Waals surface area contributed by atoms with Gasteiger partial charge in [0.2, 0.25) is 5.91 Å². The quantitative estimate of drug-likeness (QED) is 0.758. The molecule has 0 unspecified atom stereocenters. The molecule has 0 saturated heterocycles. The highest BCUT2D eigenvalue weighted by Gasteiger charge is 2.39. The van der Waals surface area contributed by atoms with Crippen LogP contribution in [-0.4, -0.2) is 15.9 Å². The number of hydrogen-bond acceptors (Lipinski definition) is 3. The predicted molar refractivity (Wildman–Crippen MR) is 86.6 cm³/mol. The smallest absolute Gasteiger partial charge is 0.237 e. The number of carbonyl (C=O) groups excluding carboxylic acids is 1. The van der Waals surface area contributed by atoms with E-state index in [1.165, 1.54) is 0 Å². The normalized spacial score (nSPS) is 11.2. The fraction of sp³-hybridized carbons (Fsp3) is 0.533. The molecule has 5 heteroatoms. The standard InChI is InChI=1S/C15H23N3OS/c1-4-8-15(9-5-2,13(16)20)14(19)18-12-7-6-11(3)17-10-12/h6-7,10H,4-5,8-9H2,1-3H3,(H2,16,20)(H,18,19). The molecule has 4 nitrogen and oxygen atoms in total. The average molecular weight is 293 g/mol. The average Bonchev–Trinajstić information content (AvgIpc) is 2.40. The van der Waals surface area contributed by atoms with Gasteiger partial charge in [-0.3, -0.25) is 9.78 Å². The van der Waals surface area contributed by atoms with Crippen LogP contribution in [0, 0.1) is 12.3 Å². The Labute approximate surface area is 126 Å². The number of rotatable bonds is 7. The van der Waals surface area contributed by atoms with E-state index in [2.05, 4.69) is 10.3 Å². The molecule has 0 radical (unpaired) electrons. The number of aromatic nitrogens is 1. The molecule has 0 bridgehead atoms. The Morgan fingerprint density at radius 3 is 2.35 bits per heavy atom. The summed E-state index contributed by atoms with van der Waals surface area (Å²) in [6.07, 6.45) is 4.70. The first-order valence-electron chi connectivity index (χ1n) is 7.00. The molecular formula is C15H23N3OS. The maximum Gasteiger partial charge on any atom is 0.237 e. The van der Waals surface area contributed by atoms with E-state index in [4.69, 9.17) is 18.0 Å². The Balaban J connectivity index is 2.98. The van der Waals surface area contributed by atoms with Crippen molar-refractivity contribution in [3.8, 4) is 0 Å². The Morgan fingerprint density at radius 1 is 1.35 bits per heavy atom. The fourth-order valence-corrected chi connectivity index (χ4v) is 2.65. The molecule has 1 aromatic rings. The second kappa shape index (κ2) is 7.33. The Kier molecular flexibility index (Phi) is 6.07. The van der Waals surface area contributed by atoms with Crippen LogP contribution in [0.15, 0.2) is 18.3 Å². The zero-order chi connectivity index (χ0) is 15.2. The van der Waals surface area contributed by atoms with Crippen LogP contribution in [0.4, 0.5) is 5.69 Å². The van der Waals surface area contributed by atoms with Gasteiger partial charge in [-0.2, -0.15) is 0 Å². The van der Waals surface area contributed by atoms with E-state index in [1.54, 1.807) is 6.20 Å². The first-order valence-corrected chi connectivity index (χ1v) is 7.41. The minimum atomic E-state index is -0.760. The third-order valence-corrected chi connectivity index (χ3v) is 3.82. The van der Waals surface area contributed by atoms with Crippen LogP contribution in [0.5, 0.6) is 0 Å². The maximum absolute atomic E-state index is 12.6. The van der Waals surface area contributed by atoms with Crippen molar-refractivity contribution in [3.05, 3.63) is 24.0 Å². The number of anilines is 1. The van der Waals surface area contributed by atoms with Crippen molar-refractivity contribution in [2.24, 2.45) is 11.1 Å². The SMILES string of the molecule is CCCC(CCC)(C(=O)Nc1ccc(C)nc1)C(N)=S. The number of aryl methyl sites for hydroxylation is 1. The van der Waals surface area contributed by atoms with Crippen LogP contribution in [0.2, 0.25) is 0 Å². The first-order chi connectivity index (χ1) is 9.46. The van der Waals surface area contributed by atoms with Gasteiger partial charge in [0.05, 0.1) is 22.3 Å². The largest absolute Gasteiger partial charge is 0.392 e. The second-order valence-corrected chi connectivity index (χ2v) is 5.53. The minimum Gasteiger partial charge on any atom is -0.392 e. The number of thiocarbonyl (C=S) groups is 1. The zero-order valence-electron chi connectivity index (χ0n) is 12.4. The molecule has 0 aliphatic heterocycles. The molecule has 0 aliphatic rings. The van der Waals surface area contributed by atoms with Gasteiger partial charge in [-0.25, -0.2) is 0 Å². The summed E-state index contributed by atoms with van der Waals surface area (Å²) in [5.74, 6) is -0.126. The third kappa shape index (κ3) is 3.76. The molecule has 0 fully saturated rings. The lowest BCUT2D eigenvalue weighted by Crippen LogP contribution is -2.46. The Hall–Kier alpha value is -1.49. The summed E-state index contributed by atoms with van der Waals surface area (Å²) >= 11 is 5.17. The van der Waals surface area contributed by atoms with Crippen molar-refractivity contribution in [2.75, 3.05) is 5.32 Å². The number of nitrogens with two attached hydrogens (primary N) is 1. The minimum absolute atomic E-state index is 0.126. The van der Waals surface area contributed by atoms with Gasteiger partial charge in [0.1, 0.15) is 0 Å². The van der Waals surface area contributed by atoms with E-state index in [1.807, 2.05) is 32.9 Å². The molecule has 3 N–H and O–H groups in total. The zero-order valence-corrected chi connectivity index (χ0v) is 13.2. The Bertz CT molecular complexity index is 465. The molecule has 0 aromatic carbocycles. The maximum atomic E-state index is 12.6. The number of pyridine rings is 1. The number of hydrogen-bond donors (Lipinski definition) is 2. The molecule has 1 rings (SSSR count). The van der Waals surface area contributed by atoms with E-state index in [0.29, 0.717) is 18.5 Å². The van der Waals surface area contributed by atoms with Gasteiger partial charge in [0.15, 0.2) is 0 Å². The third-order valence-electron chi connectivity index (χ3n) is 3.43. The molecule has 1 amide bonds. The van der Waals surface area contributed by atoms with Crippen LogP contribution in [-0.2, 0) is 4.79 Å². The fourth-order valence-electron chi connectivity index (χ4n) is 2.36. The first kappa shape index (κ1) is 16.6. The summed E-state index contributed by atoms with van der Waals surface area (Å²) < 4.78 is 0. The van der Waals surface area contributed by atoms with Gasteiger partial charge in [0, 0.05) is 5.69 Å². The van der Waals surface area contributed by atoms with Crippen molar-refractivity contribution in [2.45, 2.75) is 46.5 Å². The molecular weight excluding hydrogens is 270 g/mol. The van der Waals surface area contributed by atoms with Crippen LogP contribution in [0.3, 0.4) is 0 Å². The van der Waals surface area contributed by atoms with Gasteiger partial charge in [-0.05, 0) is 31.9 Å². The summed E-state index contributed by atoms with van der Waals surface area (Å²) in [5.41, 5.74) is 6.70. The van der Waals surface area contributed by atoms with E-state index in [9.17, 15) is 4.79 Å². The molecule has 20 heavy (non-hydrogen) atoms. The van der Waals surface area contributed by atoms with E-state index in [0.717, 1.165) is 18.5 Å². The van der Waals surface area contributed by atoms with Crippen LogP contribution in [0.1, 0.15) is 45.2 Å². The highest BCUT2D eigenvalue weighted by atomic mass is 32.1. The highest BCUT2D eigenvalue weighted by molar-refractivity contribution is 7.80. The summed E-state index contributed by atoms with van der Waals surface area (Å²) in [7, 11) is 0. The summed E-state index contributed by atoms with van der Waals surface area (Å²) in [6.45, 7) is 5.96. The van der Waals surface area contributed by atoms with Crippen LogP contribution in [0.25, 0.3) is 0 Å². The monoisotopic (exact) mass is 293 g/mol. The Morgan fingerprint density at radius 2 is 1.95 bits per heavy atom. The lowest BCUT2D eigenvalue weighted by atomic mass is 9.78. The summed E-state index contributed by atoms with van der Waals surface area (Å²) in [6, 6.07) is 3.69. The van der Waals surface area contributed by atoms with E-state index in [-0.39, 0.29) is 10.9 Å². The van der Waals surface area contributed by atoms with Crippen molar-refractivity contribution in [3.63, 3.8) is 0 Å². The lowest BCUT2D eigenvalue weighted by molar-refractivity contribution is -0.122. The number of carbonyl (C=O) groups is 1. The molecule has 1 heterocycles. The number of nitrogens with one attached hydrogen (secondary N) is 1. The van der Waals surface area contributed by atoms with Gasteiger partial charge in [-0.1, -0.05) is 38.9 Å². The number of amides is 1. The predicted octanol–water partition coefficient (Wildman–Crippen LogP) is 3.20. The van der Waals surface area contributed by atoms with Gasteiger partial charge in [0.25, 0.3) is 0 Å². The number of nitrogens with zero attached hydrogens (tertiary/aromatic N) is 1. The van der Waals surface area contributed by atoms with Crippen molar-refractivity contribution in [1.82, 2.24) is 4.98 Å². The lowest BCUT2D eigenvalue weighted by Gasteiger charge is -2.31. The van der Waals surface area contributed by atoms with Crippen LogP contribution >= 0.6 is 12.2 Å². The van der Waals surface area contributed by atoms with Crippen LogP contribution < -0.4 is 11.1 Å². The molecule has 0 atom stereocenters. The van der Waals surface area contributed by atoms with Gasteiger partial charge in [-0.15, -0.1) is 0 Å². The topological polar surface area (TPSA) is 68.0 Å².